The van der Waals surface area contributed by atoms with E-state index in [1.54, 1.807) is 0 Å². The van der Waals surface area contributed by atoms with E-state index in [1.807, 2.05) is 0 Å². The van der Waals surface area contributed by atoms with Gasteiger partial charge < -0.3 is 18.5 Å². The highest BCUT2D eigenvalue weighted by Gasteiger charge is 2.13. The molecule has 0 aliphatic heterocycles. The number of rotatable bonds is 36. The van der Waals surface area contributed by atoms with Crippen LogP contribution in [0.5, 0.6) is 0 Å². The zero-order valence-electron chi connectivity index (χ0n) is 32.9. The van der Waals surface area contributed by atoms with Crippen LogP contribution >= 0.6 is 7.60 Å². The van der Waals surface area contributed by atoms with Crippen LogP contribution in [0.1, 0.15) is 226 Å². The molecule has 0 spiro atoms. The molecule has 280 valence electrons. The molecule has 0 rings (SSSR count). The number of nitrogens with zero attached hydrogens (tertiary/aromatic N) is 1. The van der Waals surface area contributed by atoms with Gasteiger partial charge in [-0.3, -0.25) is 0 Å². The monoisotopic (exact) mass is 674 g/mol. The van der Waals surface area contributed by atoms with Crippen LogP contribution in [-0.2, 0) is 9.09 Å². The van der Waals surface area contributed by atoms with Crippen LogP contribution in [0.25, 0.3) is 0 Å². The van der Waals surface area contributed by atoms with E-state index < -0.39 is 7.60 Å². The van der Waals surface area contributed by atoms with Gasteiger partial charge in [0.15, 0.2) is 0 Å². The molecule has 0 saturated carbocycles. The summed E-state index contributed by atoms with van der Waals surface area (Å²) in [5, 5.41) is 0. The average Bonchev–Trinajstić information content (AvgIpc) is 3.03. The molecule has 0 aliphatic carbocycles. The molecule has 0 bridgehead atoms. The summed E-state index contributed by atoms with van der Waals surface area (Å²) >= 11 is 0. The molecule has 0 N–H and O–H groups in total. The maximum atomic E-state index is 11.1. The Morgan fingerprint density at radius 1 is 0.413 bits per heavy atom. The molecule has 0 aromatic rings. The van der Waals surface area contributed by atoms with Crippen LogP contribution in [-0.4, -0.2) is 44.9 Å². The molecule has 0 amide bonds. The molecule has 0 fully saturated rings. The summed E-state index contributed by atoms with van der Waals surface area (Å²) in [6, 6.07) is 0. The number of quaternary nitrogens is 1. The van der Waals surface area contributed by atoms with Gasteiger partial charge >= 0.3 is 0 Å². The standard InChI is InChI=1S/C26H56N.C15H33O3P/c1-5-7-9-11-13-15-17-19-21-23-25-27(3,4)26-24-22-20-18-16-14-12-10-8-6-2;1-3-4-5-6-7-8-9-10-11-12-13-14-15-19(16,17)18-2/h5-26H2,1-4H3;3-15H2,1-2H3,(H,16,17)/q+1;/p-1. The van der Waals surface area contributed by atoms with Crippen molar-refractivity contribution in [3.05, 3.63) is 0 Å². The Morgan fingerprint density at radius 2 is 0.630 bits per heavy atom. The third-order valence-electron chi connectivity index (χ3n) is 9.80. The van der Waals surface area contributed by atoms with Gasteiger partial charge in [0.1, 0.15) is 7.60 Å². The Balaban J connectivity index is 0. The second-order valence-electron chi connectivity index (χ2n) is 15.2. The van der Waals surface area contributed by atoms with Crippen LogP contribution in [0, 0.1) is 0 Å². The number of hydrogen-bond acceptors (Lipinski definition) is 3. The van der Waals surface area contributed by atoms with Crippen LogP contribution in [0.4, 0.5) is 0 Å². The molecule has 0 saturated heterocycles. The highest BCUT2D eigenvalue weighted by atomic mass is 31.2. The molecule has 0 heterocycles. The number of unbranched alkanes of at least 4 members (excludes halogenated alkanes) is 29. The van der Waals surface area contributed by atoms with E-state index in [1.165, 1.54) is 211 Å². The van der Waals surface area contributed by atoms with E-state index in [0.29, 0.717) is 0 Å². The highest BCUT2D eigenvalue weighted by molar-refractivity contribution is 7.51. The molecule has 1 unspecified atom stereocenters. The van der Waals surface area contributed by atoms with E-state index in [9.17, 15) is 9.46 Å². The summed E-state index contributed by atoms with van der Waals surface area (Å²) in [7, 11) is 2.63. The van der Waals surface area contributed by atoms with E-state index in [2.05, 4.69) is 39.4 Å². The third kappa shape index (κ3) is 42.1. The van der Waals surface area contributed by atoms with Crippen LogP contribution in [0.2, 0.25) is 0 Å². The summed E-state index contributed by atoms with van der Waals surface area (Å²) in [5.41, 5.74) is 0. The highest BCUT2D eigenvalue weighted by Crippen LogP contribution is 2.36. The van der Waals surface area contributed by atoms with E-state index >= 15 is 0 Å². The van der Waals surface area contributed by atoms with Crippen molar-refractivity contribution < 1.29 is 18.5 Å². The van der Waals surface area contributed by atoms with Crippen molar-refractivity contribution in [1.82, 2.24) is 0 Å². The lowest BCUT2D eigenvalue weighted by Crippen LogP contribution is -2.41. The minimum absolute atomic E-state index is 0.195. The van der Waals surface area contributed by atoms with Crippen molar-refractivity contribution in [2.45, 2.75) is 226 Å². The Labute approximate surface area is 292 Å². The third-order valence-corrected chi connectivity index (χ3v) is 11.2. The lowest BCUT2D eigenvalue weighted by atomic mass is 10.1. The number of hydrogen-bond donors (Lipinski definition) is 0. The van der Waals surface area contributed by atoms with Crippen LogP contribution in [0.15, 0.2) is 0 Å². The van der Waals surface area contributed by atoms with Crippen molar-refractivity contribution in [2.24, 2.45) is 0 Å². The van der Waals surface area contributed by atoms with Gasteiger partial charge in [-0.1, -0.05) is 194 Å². The van der Waals surface area contributed by atoms with E-state index in [4.69, 9.17) is 0 Å². The molecular formula is C41H88NO3P. The molecule has 0 radical (unpaired) electrons. The normalized spacial score (nSPS) is 13.0. The predicted molar refractivity (Wildman–Crippen MR) is 206 cm³/mol. The van der Waals surface area contributed by atoms with Gasteiger partial charge in [-0.2, -0.15) is 0 Å². The Hall–Kier alpha value is 0.110. The molecule has 0 aromatic heterocycles. The van der Waals surface area contributed by atoms with Gasteiger partial charge in [-0.15, -0.1) is 0 Å². The molecule has 0 aromatic carbocycles. The van der Waals surface area contributed by atoms with Gasteiger partial charge in [0.2, 0.25) is 0 Å². The van der Waals surface area contributed by atoms with E-state index in [-0.39, 0.29) is 6.16 Å². The predicted octanol–water partition coefficient (Wildman–Crippen LogP) is 13.8. The van der Waals surface area contributed by atoms with Gasteiger partial charge in [0, 0.05) is 13.3 Å². The van der Waals surface area contributed by atoms with Gasteiger partial charge in [-0.05, 0) is 32.1 Å². The fourth-order valence-electron chi connectivity index (χ4n) is 6.40. The smallest absolute Gasteiger partial charge is 0.134 e. The minimum Gasteiger partial charge on any atom is -0.779 e. The quantitative estimate of drug-likeness (QED) is 0.0378. The summed E-state index contributed by atoms with van der Waals surface area (Å²) in [6.07, 6.45) is 44.2. The minimum atomic E-state index is -3.50. The van der Waals surface area contributed by atoms with Crippen molar-refractivity contribution in [3.8, 4) is 0 Å². The molecule has 5 heteroatoms. The van der Waals surface area contributed by atoms with Gasteiger partial charge in [0.25, 0.3) is 0 Å². The second-order valence-corrected chi connectivity index (χ2v) is 17.2. The van der Waals surface area contributed by atoms with Crippen molar-refractivity contribution in [3.63, 3.8) is 0 Å². The molecule has 46 heavy (non-hydrogen) atoms. The maximum Gasteiger partial charge on any atom is 0.134 e. The van der Waals surface area contributed by atoms with Gasteiger partial charge in [-0.25, -0.2) is 0 Å². The summed E-state index contributed by atoms with van der Waals surface area (Å²) in [6.45, 7) is 9.62. The Kier molecular flexibility index (Phi) is 39.8. The molecular weight excluding hydrogens is 585 g/mol. The van der Waals surface area contributed by atoms with Crippen molar-refractivity contribution >= 4 is 7.60 Å². The zero-order valence-corrected chi connectivity index (χ0v) is 33.8. The first-order chi connectivity index (χ1) is 22.2. The van der Waals surface area contributed by atoms with E-state index in [0.717, 1.165) is 19.3 Å². The van der Waals surface area contributed by atoms with Crippen molar-refractivity contribution in [1.29, 1.82) is 0 Å². The summed E-state index contributed by atoms with van der Waals surface area (Å²) < 4.78 is 16.8. The SMILES string of the molecule is CCCCCCCCCCCCCCP(=O)([O-])OC.CCCCCCCCCCCC[N+](C)(C)CCCCCCCCCCCC. The molecule has 4 nitrogen and oxygen atoms in total. The first-order valence-electron chi connectivity index (χ1n) is 20.9. The zero-order chi connectivity index (χ0) is 34.5. The largest absolute Gasteiger partial charge is 0.779 e. The maximum absolute atomic E-state index is 11.1. The topological polar surface area (TPSA) is 49.4 Å². The van der Waals surface area contributed by atoms with Crippen LogP contribution < -0.4 is 4.89 Å². The van der Waals surface area contributed by atoms with Crippen LogP contribution in [0.3, 0.4) is 0 Å². The van der Waals surface area contributed by atoms with Gasteiger partial charge in [0.05, 0.1) is 27.2 Å². The summed E-state index contributed by atoms with van der Waals surface area (Å²) in [4.78, 5) is 11.1. The average molecular weight is 674 g/mol. The van der Waals surface area contributed by atoms with Crippen molar-refractivity contribution in [2.75, 3.05) is 40.5 Å². The Morgan fingerprint density at radius 3 is 0.870 bits per heavy atom. The lowest BCUT2D eigenvalue weighted by Gasteiger charge is -2.30. The fourth-order valence-corrected chi connectivity index (χ4v) is 7.20. The molecule has 0 aliphatic rings. The second kappa shape index (κ2) is 37.9. The first kappa shape index (κ1) is 48.2. The lowest BCUT2D eigenvalue weighted by molar-refractivity contribution is -0.890. The molecule has 1 atom stereocenters. The Bertz CT molecular complexity index is 587. The summed E-state index contributed by atoms with van der Waals surface area (Å²) in [5.74, 6) is 0. The first-order valence-corrected chi connectivity index (χ1v) is 22.6. The fraction of sp³-hybridized carbons (Fsp3) is 1.00.